The smallest absolute Gasteiger partial charge is 0.250 e. The van der Waals surface area contributed by atoms with Crippen LogP contribution in [0.25, 0.3) is 0 Å². The summed E-state index contributed by atoms with van der Waals surface area (Å²) in [7, 11) is 0. The van der Waals surface area contributed by atoms with Crippen LogP contribution in [0.15, 0.2) is 29.2 Å². The van der Waals surface area contributed by atoms with Gasteiger partial charge in [-0.2, -0.15) is 0 Å². The zero-order valence-corrected chi connectivity index (χ0v) is 13.1. The second kappa shape index (κ2) is 7.09. The number of aromatic nitrogens is 1. The van der Waals surface area contributed by atoms with Crippen molar-refractivity contribution in [1.82, 2.24) is 14.4 Å². The summed E-state index contributed by atoms with van der Waals surface area (Å²) in [4.78, 5) is 28.6. The van der Waals surface area contributed by atoms with Crippen LogP contribution in [-0.4, -0.2) is 52.5 Å². The SMILES string of the molecule is O=C(CCn1ccccc1=O)N1CCCC(N2CCCC2)C1. The molecular formula is C17H25N3O2. The molecule has 1 aromatic heterocycles. The van der Waals surface area contributed by atoms with E-state index in [0.29, 0.717) is 19.0 Å². The minimum absolute atomic E-state index is 0.0381. The Balaban J connectivity index is 1.53. The van der Waals surface area contributed by atoms with Crippen LogP contribution < -0.4 is 5.56 Å². The predicted molar refractivity (Wildman–Crippen MR) is 85.7 cm³/mol. The number of pyridine rings is 1. The van der Waals surface area contributed by atoms with Crippen molar-refractivity contribution in [3.8, 4) is 0 Å². The molecule has 3 heterocycles. The summed E-state index contributed by atoms with van der Waals surface area (Å²) in [6.45, 7) is 4.58. The van der Waals surface area contributed by atoms with E-state index in [1.54, 1.807) is 16.8 Å². The van der Waals surface area contributed by atoms with Crippen LogP contribution >= 0.6 is 0 Å². The van der Waals surface area contributed by atoms with Gasteiger partial charge >= 0.3 is 0 Å². The highest BCUT2D eigenvalue weighted by atomic mass is 16.2. The maximum atomic E-state index is 12.4. The summed E-state index contributed by atoms with van der Waals surface area (Å²) in [5, 5.41) is 0. The maximum Gasteiger partial charge on any atom is 0.250 e. The molecule has 22 heavy (non-hydrogen) atoms. The quantitative estimate of drug-likeness (QED) is 0.843. The van der Waals surface area contributed by atoms with Gasteiger partial charge < -0.3 is 9.47 Å². The topological polar surface area (TPSA) is 45.6 Å². The first kappa shape index (κ1) is 15.3. The number of carbonyl (C=O) groups excluding carboxylic acids is 1. The number of aryl methyl sites for hydroxylation is 1. The summed E-state index contributed by atoms with van der Waals surface area (Å²) in [5.41, 5.74) is -0.0381. The Hall–Kier alpha value is -1.62. The fraction of sp³-hybridized carbons (Fsp3) is 0.647. The third-order valence-electron chi connectivity index (χ3n) is 4.87. The number of amides is 1. The number of carbonyl (C=O) groups is 1. The highest BCUT2D eigenvalue weighted by molar-refractivity contribution is 5.76. The van der Waals surface area contributed by atoms with Crippen molar-refractivity contribution in [3.63, 3.8) is 0 Å². The lowest BCUT2D eigenvalue weighted by Crippen LogP contribution is -2.49. The van der Waals surface area contributed by atoms with Crippen LogP contribution in [0.5, 0.6) is 0 Å². The average molecular weight is 303 g/mol. The number of rotatable bonds is 4. The monoisotopic (exact) mass is 303 g/mol. The van der Waals surface area contributed by atoms with E-state index in [4.69, 9.17) is 0 Å². The van der Waals surface area contributed by atoms with E-state index in [1.807, 2.05) is 11.0 Å². The van der Waals surface area contributed by atoms with Crippen LogP contribution in [0.3, 0.4) is 0 Å². The lowest BCUT2D eigenvalue weighted by Gasteiger charge is -2.37. The average Bonchev–Trinajstić information content (AvgIpc) is 3.08. The Morgan fingerprint density at radius 1 is 1.14 bits per heavy atom. The van der Waals surface area contributed by atoms with Gasteiger partial charge in [-0.05, 0) is 44.8 Å². The molecule has 120 valence electrons. The molecule has 0 aromatic carbocycles. The van der Waals surface area contributed by atoms with E-state index in [1.165, 1.54) is 38.4 Å². The van der Waals surface area contributed by atoms with Crippen molar-refractivity contribution < 1.29 is 4.79 Å². The predicted octanol–water partition coefficient (Wildman–Crippen LogP) is 1.33. The van der Waals surface area contributed by atoms with Gasteiger partial charge in [0.25, 0.3) is 5.56 Å². The Labute approximate surface area is 131 Å². The van der Waals surface area contributed by atoms with Crippen LogP contribution in [0.4, 0.5) is 0 Å². The zero-order chi connectivity index (χ0) is 15.4. The van der Waals surface area contributed by atoms with Gasteiger partial charge in [0.05, 0.1) is 0 Å². The lowest BCUT2D eigenvalue weighted by atomic mass is 10.0. The highest BCUT2D eigenvalue weighted by Crippen LogP contribution is 2.20. The van der Waals surface area contributed by atoms with Crippen molar-refractivity contribution in [3.05, 3.63) is 34.7 Å². The molecule has 0 spiro atoms. The van der Waals surface area contributed by atoms with E-state index in [-0.39, 0.29) is 11.5 Å². The number of piperidine rings is 1. The van der Waals surface area contributed by atoms with Crippen LogP contribution in [0, 0.1) is 0 Å². The minimum Gasteiger partial charge on any atom is -0.341 e. The van der Waals surface area contributed by atoms with Crippen molar-refractivity contribution in [1.29, 1.82) is 0 Å². The van der Waals surface area contributed by atoms with Gasteiger partial charge in [-0.15, -0.1) is 0 Å². The first-order valence-corrected chi connectivity index (χ1v) is 8.41. The van der Waals surface area contributed by atoms with Gasteiger partial charge in [-0.3, -0.25) is 14.5 Å². The normalized spacial score (nSPS) is 22.9. The summed E-state index contributed by atoms with van der Waals surface area (Å²) in [6.07, 6.45) is 7.05. The molecule has 0 radical (unpaired) electrons. The van der Waals surface area contributed by atoms with E-state index < -0.39 is 0 Å². The Morgan fingerprint density at radius 3 is 2.73 bits per heavy atom. The largest absolute Gasteiger partial charge is 0.341 e. The standard InChI is InChI=1S/C17H25N3O2/c21-16-7-1-2-11-19(16)13-8-17(22)20-12-5-6-15(14-20)18-9-3-4-10-18/h1-2,7,11,15H,3-6,8-10,12-14H2. The van der Waals surface area contributed by atoms with Gasteiger partial charge in [0.1, 0.15) is 0 Å². The van der Waals surface area contributed by atoms with E-state index >= 15 is 0 Å². The molecule has 1 amide bonds. The van der Waals surface area contributed by atoms with Crippen molar-refractivity contribution >= 4 is 5.91 Å². The second-order valence-electron chi connectivity index (χ2n) is 6.36. The Kier molecular flexibility index (Phi) is 4.93. The number of hydrogen-bond acceptors (Lipinski definition) is 3. The molecular weight excluding hydrogens is 278 g/mol. The summed E-state index contributed by atoms with van der Waals surface area (Å²) in [6, 6.07) is 5.64. The van der Waals surface area contributed by atoms with Gasteiger partial charge in [0.2, 0.25) is 5.91 Å². The third-order valence-corrected chi connectivity index (χ3v) is 4.87. The maximum absolute atomic E-state index is 12.4. The van der Waals surface area contributed by atoms with E-state index in [0.717, 1.165) is 19.5 Å². The molecule has 2 aliphatic rings. The molecule has 1 unspecified atom stereocenters. The van der Waals surface area contributed by atoms with E-state index in [9.17, 15) is 9.59 Å². The van der Waals surface area contributed by atoms with Gasteiger partial charge in [0.15, 0.2) is 0 Å². The van der Waals surface area contributed by atoms with E-state index in [2.05, 4.69) is 4.90 Å². The van der Waals surface area contributed by atoms with Crippen LogP contribution in [0.1, 0.15) is 32.1 Å². The first-order chi connectivity index (χ1) is 10.7. The summed E-state index contributed by atoms with van der Waals surface area (Å²) in [5.74, 6) is 0.180. The minimum atomic E-state index is -0.0381. The lowest BCUT2D eigenvalue weighted by molar-refractivity contribution is -0.133. The molecule has 5 nitrogen and oxygen atoms in total. The Bertz CT molecular complexity index is 563. The molecule has 0 aliphatic carbocycles. The number of nitrogens with zero attached hydrogens (tertiary/aromatic N) is 3. The number of hydrogen-bond donors (Lipinski definition) is 0. The molecule has 0 bridgehead atoms. The van der Waals surface area contributed by atoms with Crippen molar-refractivity contribution in [2.24, 2.45) is 0 Å². The number of likely N-dealkylation sites (tertiary alicyclic amines) is 2. The zero-order valence-electron chi connectivity index (χ0n) is 13.1. The van der Waals surface area contributed by atoms with Gasteiger partial charge in [0, 0.05) is 44.4 Å². The van der Waals surface area contributed by atoms with Gasteiger partial charge in [-0.25, -0.2) is 0 Å². The van der Waals surface area contributed by atoms with Crippen molar-refractivity contribution in [2.75, 3.05) is 26.2 Å². The molecule has 3 rings (SSSR count). The van der Waals surface area contributed by atoms with Crippen LogP contribution in [0.2, 0.25) is 0 Å². The third kappa shape index (κ3) is 3.58. The molecule has 1 aromatic rings. The molecule has 0 N–H and O–H groups in total. The van der Waals surface area contributed by atoms with Crippen molar-refractivity contribution in [2.45, 2.75) is 44.7 Å². The fourth-order valence-electron chi connectivity index (χ4n) is 3.61. The highest BCUT2D eigenvalue weighted by Gasteiger charge is 2.28. The summed E-state index contributed by atoms with van der Waals surface area (Å²) < 4.78 is 1.61. The molecule has 2 saturated heterocycles. The second-order valence-corrected chi connectivity index (χ2v) is 6.36. The molecule has 2 aliphatic heterocycles. The Morgan fingerprint density at radius 2 is 1.95 bits per heavy atom. The summed E-state index contributed by atoms with van der Waals surface area (Å²) >= 11 is 0. The molecule has 5 heteroatoms. The van der Waals surface area contributed by atoms with Crippen LogP contribution in [-0.2, 0) is 11.3 Å². The molecule has 2 fully saturated rings. The molecule has 1 atom stereocenters. The fourth-order valence-corrected chi connectivity index (χ4v) is 3.61. The molecule has 0 saturated carbocycles. The van der Waals surface area contributed by atoms with Gasteiger partial charge in [-0.1, -0.05) is 6.07 Å². The first-order valence-electron chi connectivity index (χ1n) is 8.41.